The monoisotopic (exact) mass is 320 g/mol. The molecule has 24 heavy (non-hydrogen) atoms. The van der Waals surface area contributed by atoms with Crippen molar-refractivity contribution in [2.24, 2.45) is 5.41 Å². The maximum Gasteiger partial charge on any atom is 0.163 e. The van der Waals surface area contributed by atoms with E-state index in [1.807, 2.05) is 43.8 Å². The molecule has 1 aliphatic carbocycles. The zero-order chi connectivity index (χ0) is 16.4. The van der Waals surface area contributed by atoms with Gasteiger partial charge in [-0.15, -0.1) is 0 Å². The summed E-state index contributed by atoms with van der Waals surface area (Å²) in [7, 11) is 0. The van der Waals surface area contributed by atoms with E-state index in [-0.39, 0.29) is 0 Å². The van der Waals surface area contributed by atoms with Crippen molar-refractivity contribution in [2.75, 3.05) is 11.9 Å². The summed E-state index contributed by atoms with van der Waals surface area (Å²) >= 11 is 0. The molecule has 3 heterocycles. The van der Waals surface area contributed by atoms with Gasteiger partial charge in [0.1, 0.15) is 5.82 Å². The van der Waals surface area contributed by atoms with E-state index in [2.05, 4.69) is 29.8 Å². The second-order valence-electron chi connectivity index (χ2n) is 6.55. The fourth-order valence-electron chi connectivity index (χ4n) is 2.90. The summed E-state index contributed by atoms with van der Waals surface area (Å²) in [5.74, 6) is 1.59. The topological polar surface area (TPSA) is 68.5 Å². The van der Waals surface area contributed by atoms with Crippen LogP contribution in [0.2, 0.25) is 0 Å². The molecule has 1 N–H and O–H groups in total. The number of aromatic nitrogens is 5. The highest BCUT2D eigenvalue weighted by molar-refractivity contribution is 5.56. The number of hydrogen-bond donors (Lipinski definition) is 1. The molecular weight excluding hydrogens is 300 g/mol. The highest BCUT2D eigenvalue weighted by atomic mass is 15.1. The average molecular weight is 320 g/mol. The van der Waals surface area contributed by atoms with Crippen molar-refractivity contribution in [1.82, 2.24) is 24.5 Å². The third-order valence-electron chi connectivity index (χ3n) is 4.45. The quantitative estimate of drug-likeness (QED) is 0.756. The van der Waals surface area contributed by atoms with Crippen molar-refractivity contribution in [2.45, 2.75) is 26.3 Å². The van der Waals surface area contributed by atoms with Crippen LogP contribution < -0.4 is 5.32 Å². The van der Waals surface area contributed by atoms with E-state index >= 15 is 0 Å². The molecule has 0 spiro atoms. The Balaban J connectivity index is 1.48. The largest absolute Gasteiger partial charge is 0.369 e. The fourth-order valence-corrected chi connectivity index (χ4v) is 2.90. The van der Waals surface area contributed by atoms with Gasteiger partial charge in [0.25, 0.3) is 0 Å². The lowest BCUT2D eigenvalue weighted by Gasteiger charge is -2.17. The van der Waals surface area contributed by atoms with E-state index in [1.54, 1.807) is 12.4 Å². The third-order valence-corrected chi connectivity index (χ3v) is 4.45. The van der Waals surface area contributed by atoms with E-state index in [4.69, 9.17) is 0 Å². The molecule has 6 nitrogen and oxygen atoms in total. The van der Waals surface area contributed by atoms with E-state index < -0.39 is 0 Å². The van der Waals surface area contributed by atoms with Crippen LogP contribution in [0.25, 0.3) is 11.4 Å². The first kappa shape index (κ1) is 14.8. The van der Waals surface area contributed by atoms with Gasteiger partial charge in [-0.1, -0.05) is 0 Å². The third kappa shape index (κ3) is 3.27. The second kappa shape index (κ2) is 6.03. The summed E-state index contributed by atoms with van der Waals surface area (Å²) in [6.07, 6.45) is 11.8. The molecule has 6 heteroatoms. The second-order valence-corrected chi connectivity index (χ2v) is 6.55. The predicted molar refractivity (Wildman–Crippen MR) is 92.4 cm³/mol. The number of nitrogens with one attached hydrogen (secondary N) is 1. The van der Waals surface area contributed by atoms with E-state index in [0.29, 0.717) is 11.2 Å². The first-order valence-electron chi connectivity index (χ1n) is 8.18. The van der Waals surface area contributed by atoms with Crippen LogP contribution in [0, 0.1) is 12.3 Å². The van der Waals surface area contributed by atoms with E-state index in [0.717, 1.165) is 30.2 Å². The van der Waals surface area contributed by atoms with Gasteiger partial charge < -0.3 is 9.88 Å². The normalized spacial score (nSPS) is 15.2. The minimum absolute atomic E-state index is 0.314. The molecule has 0 atom stereocenters. The minimum Gasteiger partial charge on any atom is -0.369 e. The van der Waals surface area contributed by atoms with Crippen LogP contribution in [-0.2, 0) is 6.54 Å². The molecule has 0 radical (unpaired) electrons. The first-order valence-corrected chi connectivity index (χ1v) is 8.18. The Bertz CT molecular complexity index is 809. The van der Waals surface area contributed by atoms with Gasteiger partial charge in [0.2, 0.25) is 0 Å². The van der Waals surface area contributed by atoms with E-state index in [1.165, 1.54) is 12.8 Å². The lowest BCUT2D eigenvalue weighted by Crippen LogP contribution is -2.21. The molecule has 1 aliphatic rings. The van der Waals surface area contributed by atoms with Crippen LogP contribution in [-0.4, -0.2) is 31.0 Å². The smallest absolute Gasteiger partial charge is 0.163 e. The maximum atomic E-state index is 4.65. The summed E-state index contributed by atoms with van der Waals surface area (Å²) in [4.78, 5) is 17.4. The Kier molecular flexibility index (Phi) is 3.72. The van der Waals surface area contributed by atoms with Crippen molar-refractivity contribution in [3.05, 3.63) is 55.0 Å². The van der Waals surface area contributed by atoms with Crippen molar-refractivity contribution >= 4 is 5.82 Å². The summed E-state index contributed by atoms with van der Waals surface area (Å²) in [5.41, 5.74) is 2.20. The zero-order valence-electron chi connectivity index (χ0n) is 13.7. The molecule has 4 rings (SSSR count). The Labute approximate surface area is 141 Å². The van der Waals surface area contributed by atoms with Crippen molar-refractivity contribution < 1.29 is 0 Å². The number of pyridine rings is 1. The van der Waals surface area contributed by atoms with Crippen molar-refractivity contribution in [1.29, 1.82) is 0 Å². The van der Waals surface area contributed by atoms with Gasteiger partial charge in [-0.25, -0.2) is 15.0 Å². The lowest BCUT2D eigenvalue weighted by atomic mass is 10.1. The van der Waals surface area contributed by atoms with Gasteiger partial charge in [0, 0.05) is 60.6 Å². The first-order chi connectivity index (χ1) is 11.7. The highest BCUT2D eigenvalue weighted by Crippen LogP contribution is 2.47. The van der Waals surface area contributed by atoms with Crippen LogP contribution in [0.15, 0.2) is 49.3 Å². The molecule has 0 aromatic carbocycles. The molecular formula is C18H20N6. The van der Waals surface area contributed by atoms with Crippen LogP contribution in [0.1, 0.15) is 18.5 Å². The maximum absolute atomic E-state index is 4.65. The van der Waals surface area contributed by atoms with Crippen LogP contribution in [0.5, 0.6) is 0 Å². The molecule has 0 unspecified atom stereocenters. The molecule has 3 aromatic rings. The Morgan fingerprint density at radius 1 is 1.21 bits per heavy atom. The van der Waals surface area contributed by atoms with Crippen molar-refractivity contribution in [3.8, 4) is 11.4 Å². The predicted octanol–water partition coefficient (Wildman–Crippen LogP) is 2.94. The summed E-state index contributed by atoms with van der Waals surface area (Å²) in [5, 5.41) is 3.51. The molecule has 0 amide bonds. The Hall–Kier alpha value is -2.76. The van der Waals surface area contributed by atoms with Crippen LogP contribution in [0.4, 0.5) is 5.82 Å². The SMILES string of the molecule is Cc1cc(NCC2(Cn3ccnc3)CC2)nc(-c2cccnc2)n1. The Morgan fingerprint density at radius 2 is 2.12 bits per heavy atom. The number of aryl methyl sites for hydroxylation is 1. The van der Waals surface area contributed by atoms with Gasteiger partial charge in [0.15, 0.2) is 5.82 Å². The standard InChI is InChI=1S/C18H20N6/c1-14-9-16(23-17(22-14)15-3-2-6-19-10-15)21-11-18(4-5-18)12-24-8-7-20-13-24/h2-3,6-10,13H,4-5,11-12H2,1H3,(H,21,22,23). The summed E-state index contributed by atoms with van der Waals surface area (Å²) < 4.78 is 2.15. The molecule has 1 saturated carbocycles. The van der Waals surface area contributed by atoms with E-state index in [9.17, 15) is 0 Å². The van der Waals surface area contributed by atoms with Gasteiger partial charge >= 0.3 is 0 Å². The summed E-state index contributed by atoms with van der Waals surface area (Å²) in [6, 6.07) is 5.87. The molecule has 3 aromatic heterocycles. The zero-order valence-corrected chi connectivity index (χ0v) is 13.7. The Morgan fingerprint density at radius 3 is 2.83 bits per heavy atom. The van der Waals surface area contributed by atoms with Gasteiger partial charge in [-0.2, -0.15) is 0 Å². The number of hydrogen-bond acceptors (Lipinski definition) is 5. The highest BCUT2D eigenvalue weighted by Gasteiger charge is 2.42. The molecule has 122 valence electrons. The number of rotatable bonds is 6. The van der Waals surface area contributed by atoms with Crippen LogP contribution in [0.3, 0.4) is 0 Å². The minimum atomic E-state index is 0.314. The number of imidazole rings is 1. The molecule has 1 fully saturated rings. The van der Waals surface area contributed by atoms with Gasteiger partial charge in [-0.05, 0) is 31.9 Å². The van der Waals surface area contributed by atoms with Crippen LogP contribution >= 0.6 is 0 Å². The summed E-state index contributed by atoms with van der Waals surface area (Å²) in [6.45, 7) is 3.90. The number of nitrogens with zero attached hydrogens (tertiary/aromatic N) is 5. The average Bonchev–Trinajstić information content (AvgIpc) is 3.17. The van der Waals surface area contributed by atoms with Crippen molar-refractivity contribution in [3.63, 3.8) is 0 Å². The fraction of sp³-hybridized carbons (Fsp3) is 0.333. The lowest BCUT2D eigenvalue weighted by molar-refractivity contribution is 0.444. The molecule has 0 saturated heterocycles. The molecule has 0 bridgehead atoms. The van der Waals surface area contributed by atoms with Gasteiger partial charge in [0.05, 0.1) is 6.33 Å². The van der Waals surface area contributed by atoms with Gasteiger partial charge in [-0.3, -0.25) is 4.98 Å². The molecule has 0 aliphatic heterocycles. The number of anilines is 1.